The van der Waals surface area contributed by atoms with Gasteiger partial charge in [-0.1, -0.05) is 47.5 Å². The number of halogens is 1. The number of amides is 1. The van der Waals surface area contributed by atoms with Crippen molar-refractivity contribution in [3.8, 4) is 11.5 Å². The van der Waals surface area contributed by atoms with Crippen LogP contribution in [0.15, 0.2) is 60.7 Å². The third-order valence-electron chi connectivity index (χ3n) is 5.45. The zero-order valence-corrected chi connectivity index (χ0v) is 17.7. The standard InChI is InChI=1S/C25H24ClNO2/c1-16-5-9-21(10-6-16)27-15-19(13-25(27)28)22-11-8-20(26)14-24(22)29-23-12-17(2)4-7-18(23)3/h4-12,14,19H,13,15H2,1-3H3. The number of carbonyl (C=O) groups excluding carboxylic acids is 1. The molecule has 4 rings (SSSR count). The van der Waals surface area contributed by atoms with E-state index in [0.29, 0.717) is 18.0 Å². The summed E-state index contributed by atoms with van der Waals surface area (Å²) in [4.78, 5) is 14.6. The van der Waals surface area contributed by atoms with Gasteiger partial charge in [0.05, 0.1) is 0 Å². The summed E-state index contributed by atoms with van der Waals surface area (Å²) in [7, 11) is 0. The van der Waals surface area contributed by atoms with Gasteiger partial charge in [0.15, 0.2) is 0 Å². The Hall–Kier alpha value is -2.78. The highest BCUT2D eigenvalue weighted by molar-refractivity contribution is 6.30. The van der Waals surface area contributed by atoms with Crippen LogP contribution in [0.1, 0.15) is 34.6 Å². The van der Waals surface area contributed by atoms with Crippen molar-refractivity contribution in [1.82, 2.24) is 0 Å². The fourth-order valence-corrected chi connectivity index (χ4v) is 3.92. The first kappa shape index (κ1) is 19.5. The topological polar surface area (TPSA) is 29.5 Å². The molecule has 1 unspecified atom stereocenters. The summed E-state index contributed by atoms with van der Waals surface area (Å²) in [6.07, 6.45) is 0.457. The van der Waals surface area contributed by atoms with Gasteiger partial charge in [-0.25, -0.2) is 0 Å². The van der Waals surface area contributed by atoms with Gasteiger partial charge in [-0.3, -0.25) is 4.79 Å². The number of anilines is 1. The first-order valence-electron chi connectivity index (χ1n) is 9.82. The molecule has 1 aliphatic rings. The zero-order chi connectivity index (χ0) is 20.5. The Labute approximate surface area is 176 Å². The molecule has 0 aromatic heterocycles. The molecule has 1 aliphatic heterocycles. The molecule has 1 heterocycles. The molecule has 0 spiro atoms. The number of hydrogen-bond donors (Lipinski definition) is 0. The molecule has 0 aliphatic carbocycles. The Morgan fingerprint density at radius 1 is 0.897 bits per heavy atom. The Morgan fingerprint density at radius 3 is 2.38 bits per heavy atom. The fourth-order valence-electron chi connectivity index (χ4n) is 3.76. The van der Waals surface area contributed by atoms with Crippen LogP contribution in [0.3, 0.4) is 0 Å². The van der Waals surface area contributed by atoms with Crippen LogP contribution in [-0.2, 0) is 4.79 Å². The van der Waals surface area contributed by atoms with Crippen LogP contribution < -0.4 is 9.64 Å². The maximum Gasteiger partial charge on any atom is 0.227 e. The van der Waals surface area contributed by atoms with Crippen LogP contribution in [0.4, 0.5) is 5.69 Å². The quantitative estimate of drug-likeness (QED) is 0.490. The maximum absolute atomic E-state index is 12.7. The van der Waals surface area contributed by atoms with Gasteiger partial charge in [0, 0.05) is 35.2 Å². The summed E-state index contributed by atoms with van der Waals surface area (Å²) < 4.78 is 6.29. The number of nitrogens with zero attached hydrogens (tertiary/aromatic N) is 1. The smallest absolute Gasteiger partial charge is 0.227 e. The summed E-state index contributed by atoms with van der Waals surface area (Å²) >= 11 is 6.27. The molecule has 0 N–H and O–H groups in total. The van der Waals surface area contributed by atoms with Gasteiger partial charge in [-0.05, 0) is 62.2 Å². The van der Waals surface area contributed by atoms with Crippen LogP contribution in [-0.4, -0.2) is 12.5 Å². The Morgan fingerprint density at radius 2 is 1.62 bits per heavy atom. The molecule has 0 bridgehead atoms. The normalized spacial score (nSPS) is 16.3. The Bertz CT molecular complexity index is 1060. The molecule has 0 radical (unpaired) electrons. The highest BCUT2D eigenvalue weighted by Gasteiger charge is 2.33. The molecular weight excluding hydrogens is 382 g/mol. The lowest BCUT2D eigenvalue weighted by Gasteiger charge is -2.19. The third kappa shape index (κ3) is 4.15. The zero-order valence-electron chi connectivity index (χ0n) is 16.9. The molecule has 3 aromatic rings. The molecule has 1 atom stereocenters. The van der Waals surface area contributed by atoms with E-state index in [4.69, 9.17) is 16.3 Å². The minimum Gasteiger partial charge on any atom is -0.457 e. The number of ether oxygens (including phenoxy) is 1. The van der Waals surface area contributed by atoms with Gasteiger partial charge in [0.25, 0.3) is 0 Å². The van der Waals surface area contributed by atoms with Crippen molar-refractivity contribution < 1.29 is 9.53 Å². The van der Waals surface area contributed by atoms with Crippen molar-refractivity contribution in [2.24, 2.45) is 0 Å². The van der Waals surface area contributed by atoms with E-state index in [-0.39, 0.29) is 11.8 Å². The summed E-state index contributed by atoms with van der Waals surface area (Å²) in [6, 6.07) is 19.9. The van der Waals surface area contributed by atoms with Crippen LogP contribution in [0.25, 0.3) is 0 Å². The van der Waals surface area contributed by atoms with Gasteiger partial charge in [0.2, 0.25) is 5.91 Å². The summed E-state index contributed by atoms with van der Waals surface area (Å²) in [5.41, 5.74) is 5.33. The monoisotopic (exact) mass is 405 g/mol. The number of hydrogen-bond acceptors (Lipinski definition) is 2. The lowest BCUT2D eigenvalue weighted by molar-refractivity contribution is -0.117. The highest BCUT2D eigenvalue weighted by atomic mass is 35.5. The largest absolute Gasteiger partial charge is 0.457 e. The predicted molar refractivity (Wildman–Crippen MR) is 118 cm³/mol. The summed E-state index contributed by atoms with van der Waals surface area (Å²) in [5, 5.41) is 0.619. The van der Waals surface area contributed by atoms with Crippen LogP contribution in [0.2, 0.25) is 5.02 Å². The predicted octanol–water partition coefficient (Wildman–Crippen LogP) is 6.58. The van der Waals surface area contributed by atoms with Crippen LogP contribution in [0.5, 0.6) is 11.5 Å². The van der Waals surface area contributed by atoms with Gasteiger partial charge >= 0.3 is 0 Å². The second-order valence-corrected chi connectivity index (χ2v) is 8.23. The van der Waals surface area contributed by atoms with E-state index in [1.165, 1.54) is 5.56 Å². The molecule has 4 heteroatoms. The van der Waals surface area contributed by atoms with Crippen molar-refractivity contribution >= 4 is 23.2 Å². The van der Waals surface area contributed by atoms with E-state index in [9.17, 15) is 4.79 Å². The lowest BCUT2D eigenvalue weighted by Crippen LogP contribution is -2.24. The highest BCUT2D eigenvalue weighted by Crippen LogP contribution is 2.39. The average Bonchev–Trinajstić information content (AvgIpc) is 3.07. The molecular formula is C25H24ClNO2. The van der Waals surface area contributed by atoms with Crippen molar-refractivity contribution in [2.75, 3.05) is 11.4 Å². The van der Waals surface area contributed by atoms with Crippen molar-refractivity contribution in [3.05, 3.63) is 87.9 Å². The van der Waals surface area contributed by atoms with Gasteiger partial charge < -0.3 is 9.64 Å². The molecule has 1 saturated heterocycles. The third-order valence-corrected chi connectivity index (χ3v) is 5.68. The number of rotatable bonds is 4. The first-order chi connectivity index (χ1) is 13.9. The number of aryl methyl sites for hydroxylation is 3. The second-order valence-electron chi connectivity index (χ2n) is 7.79. The maximum atomic E-state index is 12.7. The summed E-state index contributed by atoms with van der Waals surface area (Å²) in [6.45, 7) is 6.74. The van der Waals surface area contributed by atoms with E-state index in [2.05, 4.69) is 6.07 Å². The van der Waals surface area contributed by atoms with Crippen molar-refractivity contribution in [3.63, 3.8) is 0 Å². The van der Waals surface area contributed by atoms with E-state index >= 15 is 0 Å². The lowest BCUT2D eigenvalue weighted by atomic mass is 9.97. The Kier molecular flexibility index (Phi) is 5.33. The van der Waals surface area contributed by atoms with Crippen LogP contribution in [0, 0.1) is 20.8 Å². The number of benzene rings is 3. The van der Waals surface area contributed by atoms with Crippen LogP contribution >= 0.6 is 11.6 Å². The van der Waals surface area contributed by atoms with Gasteiger partial charge in [0.1, 0.15) is 11.5 Å². The molecule has 148 valence electrons. The SMILES string of the molecule is Cc1ccc(N2CC(c3ccc(Cl)cc3Oc3cc(C)ccc3C)CC2=O)cc1. The molecule has 1 amide bonds. The van der Waals surface area contributed by atoms with E-state index < -0.39 is 0 Å². The van der Waals surface area contributed by atoms with E-state index in [1.54, 1.807) is 0 Å². The second kappa shape index (κ2) is 7.92. The van der Waals surface area contributed by atoms with Gasteiger partial charge in [-0.15, -0.1) is 0 Å². The minimum atomic E-state index is 0.0567. The summed E-state index contributed by atoms with van der Waals surface area (Å²) in [5.74, 6) is 1.72. The number of carbonyl (C=O) groups is 1. The minimum absolute atomic E-state index is 0.0567. The molecule has 3 aromatic carbocycles. The fraction of sp³-hybridized carbons (Fsp3) is 0.240. The van der Waals surface area contributed by atoms with Crippen molar-refractivity contribution in [1.29, 1.82) is 0 Å². The van der Waals surface area contributed by atoms with E-state index in [1.807, 2.05) is 80.3 Å². The molecule has 0 saturated carbocycles. The van der Waals surface area contributed by atoms with Gasteiger partial charge in [-0.2, -0.15) is 0 Å². The Balaban J connectivity index is 1.64. The molecule has 29 heavy (non-hydrogen) atoms. The van der Waals surface area contributed by atoms with E-state index in [0.717, 1.165) is 33.9 Å². The first-order valence-corrected chi connectivity index (χ1v) is 10.2. The molecule has 3 nitrogen and oxygen atoms in total. The van der Waals surface area contributed by atoms with Crippen molar-refractivity contribution in [2.45, 2.75) is 33.1 Å². The molecule has 1 fully saturated rings. The average molecular weight is 406 g/mol.